The standard InChI is InChI=1S/C22H18N4O2/c23-11-5-13-25-14-17(19-6-1-2-7-20(19)25)9-10-22(27)28-16-18-15-26-12-4-3-8-21(26)24-18/h1-4,6-10,12,14-15H,5,13,16H2/b10-9+. The van der Waals surface area contributed by atoms with E-state index in [1.165, 1.54) is 6.08 Å². The number of nitriles is 1. The minimum Gasteiger partial charge on any atom is -0.456 e. The molecular formula is C22H18N4O2. The van der Waals surface area contributed by atoms with Crippen LogP contribution in [0.2, 0.25) is 0 Å². The molecule has 0 bridgehead atoms. The molecule has 4 aromatic rings. The van der Waals surface area contributed by atoms with Gasteiger partial charge in [0.1, 0.15) is 12.3 Å². The van der Waals surface area contributed by atoms with Gasteiger partial charge in [0.2, 0.25) is 0 Å². The molecule has 0 aliphatic heterocycles. The fraction of sp³-hybridized carbons (Fsp3) is 0.136. The number of para-hydroxylation sites is 1. The molecule has 0 saturated carbocycles. The van der Waals surface area contributed by atoms with Gasteiger partial charge in [0.25, 0.3) is 0 Å². The first-order valence-electron chi connectivity index (χ1n) is 8.97. The summed E-state index contributed by atoms with van der Waals surface area (Å²) in [6.07, 6.45) is 9.30. The molecular weight excluding hydrogens is 352 g/mol. The second-order valence-corrected chi connectivity index (χ2v) is 6.34. The van der Waals surface area contributed by atoms with Gasteiger partial charge in [-0.05, 0) is 24.3 Å². The molecule has 0 saturated heterocycles. The molecule has 6 heteroatoms. The van der Waals surface area contributed by atoms with Crippen molar-refractivity contribution in [2.75, 3.05) is 0 Å². The van der Waals surface area contributed by atoms with Gasteiger partial charge in [-0.3, -0.25) is 0 Å². The lowest BCUT2D eigenvalue weighted by Crippen LogP contribution is -2.00. The van der Waals surface area contributed by atoms with E-state index in [2.05, 4.69) is 11.1 Å². The molecule has 0 unspecified atom stereocenters. The van der Waals surface area contributed by atoms with E-state index >= 15 is 0 Å². The number of benzene rings is 1. The average Bonchev–Trinajstić information content (AvgIpc) is 3.30. The van der Waals surface area contributed by atoms with Crippen molar-refractivity contribution in [1.29, 1.82) is 5.26 Å². The molecule has 0 fully saturated rings. The highest BCUT2D eigenvalue weighted by molar-refractivity contribution is 5.94. The van der Waals surface area contributed by atoms with Crippen LogP contribution in [-0.4, -0.2) is 19.9 Å². The zero-order valence-electron chi connectivity index (χ0n) is 15.2. The monoisotopic (exact) mass is 370 g/mol. The van der Waals surface area contributed by atoms with Gasteiger partial charge < -0.3 is 13.7 Å². The number of fused-ring (bicyclic) bond motifs is 2. The largest absolute Gasteiger partial charge is 0.456 e. The SMILES string of the molecule is N#CCCn1cc(/C=C/C(=O)OCc2cn3ccccc3n2)c2ccccc21. The van der Waals surface area contributed by atoms with Crippen molar-refractivity contribution in [3.63, 3.8) is 0 Å². The summed E-state index contributed by atoms with van der Waals surface area (Å²) in [5.41, 5.74) is 3.46. The molecule has 28 heavy (non-hydrogen) atoms. The van der Waals surface area contributed by atoms with Gasteiger partial charge in [0, 0.05) is 47.7 Å². The zero-order valence-corrected chi connectivity index (χ0v) is 15.2. The van der Waals surface area contributed by atoms with E-state index in [1.54, 1.807) is 6.08 Å². The Kier molecular flexibility index (Phi) is 4.89. The fourth-order valence-corrected chi connectivity index (χ4v) is 3.17. The predicted molar refractivity (Wildman–Crippen MR) is 106 cm³/mol. The number of esters is 1. The van der Waals surface area contributed by atoms with Gasteiger partial charge in [-0.25, -0.2) is 9.78 Å². The first kappa shape index (κ1) is 17.6. The number of aryl methyl sites for hydroxylation is 1. The molecule has 3 heterocycles. The van der Waals surface area contributed by atoms with E-state index in [1.807, 2.05) is 70.0 Å². The van der Waals surface area contributed by atoms with Gasteiger partial charge >= 0.3 is 5.97 Å². The Balaban J connectivity index is 1.46. The molecule has 4 rings (SSSR count). The first-order valence-corrected chi connectivity index (χ1v) is 8.97. The van der Waals surface area contributed by atoms with Crippen molar-refractivity contribution in [2.45, 2.75) is 19.6 Å². The Hall–Kier alpha value is -3.85. The van der Waals surface area contributed by atoms with Gasteiger partial charge in [0.05, 0.1) is 18.2 Å². The number of hydrogen-bond acceptors (Lipinski definition) is 4. The van der Waals surface area contributed by atoms with E-state index in [9.17, 15) is 4.79 Å². The molecule has 0 aliphatic rings. The van der Waals surface area contributed by atoms with E-state index in [0.717, 1.165) is 22.1 Å². The second kappa shape index (κ2) is 7.80. The third kappa shape index (κ3) is 3.64. The molecule has 0 radical (unpaired) electrons. The molecule has 0 aliphatic carbocycles. The van der Waals surface area contributed by atoms with Crippen molar-refractivity contribution >= 4 is 28.6 Å². The lowest BCUT2D eigenvalue weighted by atomic mass is 10.1. The van der Waals surface area contributed by atoms with Gasteiger partial charge in [-0.2, -0.15) is 5.26 Å². The first-order chi connectivity index (χ1) is 13.7. The highest BCUT2D eigenvalue weighted by Gasteiger charge is 2.07. The smallest absolute Gasteiger partial charge is 0.331 e. The van der Waals surface area contributed by atoms with E-state index in [0.29, 0.717) is 18.7 Å². The average molecular weight is 370 g/mol. The third-order valence-corrected chi connectivity index (χ3v) is 4.46. The molecule has 0 amide bonds. The predicted octanol–water partition coefficient (Wildman–Crippen LogP) is 3.96. The molecule has 3 aromatic heterocycles. The number of carbonyl (C=O) groups excluding carboxylic acids is 1. The molecule has 1 aromatic carbocycles. The van der Waals surface area contributed by atoms with Crippen LogP contribution in [0.15, 0.2) is 67.1 Å². The number of ether oxygens (including phenoxy) is 1. The summed E-state index contributed by atoms with van der Waals surface area (Å²) in [5, 5.41) is 9.87. The summed E-state index contributed by atoms with van der Waals surface area (Å²) >= 11 is 0. The highest BCUT2D eigenvalue weighted by Crippen LogP contribution is 2.23. The van der Waals surface area contributed by atoms with Crippen LogP contribution in [0, 0.1) is 11.3 Å². The maximum absolute atomic E-state index is 12.1. The number of aromatic nitrogens is 3. The minimum atomic E-state index is -0.425. The fourth-order valence-electron chi connectivity index (χ4n) is 3.17. The summed E-state index contributed by atoms with van der Waals surface area (Å²) in [6.45, 7) is 0.734. The normalized spacial score (nSPS) is 11.2. The molecule has 0 spiro atoms. The van der Waals surface area contributed by atoms with Crippen molar-refractivity contribution in [1.82, 2.24) is 14.0 Å². The number of rotatable bonds is 6. The lowest BCUT2D eigenvalue weighted by molar-refractivity contribution is -0.139. The van der Waals surface area contributed by atoms with Crippen LogP contribution >= 0.6 is 0 Å². The van der Waals surface area contributed by atoms with Gasteiger partial charge in [0.15, 0.2) is 0 Å². The lowest BCUT2D eigenvalue weighted by Gasteiger charge is -2.00. The second-order valence-electron chi connectivity index (χ2n) is 6.34. The summed E-state index contributed by atoms with van der Waals surface area (Å²) in [5.74, 6) is -0.425. The van der Waals surface area contributed by atoms with Crippen LogP contribution in [0.25, 0.3) is 22.6 Å². The van der Waals surface area contributed by atoms with Gasteiger partial charge in [-0.15, -0.1) is 0 Å². The molecule has 138 valence electrons. The van der Waals surface area contributed by atoms with Crippen LogP contribution in [0.1, 0.15) is 17.7 Å². The molecule has 6 nitrogen and oxygen atoms in total. The van der Waals surface area contributed by atoms with Crippen LogP contribution in [0.3, 0.4) is 0 Å². The number of nitrogens with zero attached hydrogens (tertiary/aromatic N) is 4. The molecule has 0 N–H and O–H groups in total. The maximum Gasteiger partial charge on any atom is 0.331 e. The Morgan fingerprint density at radius 2 is 2.04 bits per heavy atom. The third-order valence-electron chi connectivity index (χ3n) is 4.46. The van der Waals surface area contributed by atoms with Crippen molar-refractivity contribution < 1.29 is 9.53 Å². The topological polar surface area (TPSA) is 72.3 Å². The number of carbonyl (C=O) groups is 1. The number of imidazole rings is 1. The van der Waals surface area contributed by atoms with Crippen LogP contribution in [-0.2, 0) is 22.7 Å². The van der Waals surface area contributed by atoms with Crippen molar-refractivity contribution in [3.8, 4) is 6.07 Å². The minimum absolute atomic E-state index is 0.120. The van der Waals surface area contributed by atoms with Crippen LogP contribution < -0.4 is 0 Å². The maximum atomic E-state index is 12.1. The number of pyridine rings is 1. The molecule has 0 atom stereocenters. The Morgan fingerprint density at radius 1 is 1.18 bits per heavy atom. The summed E-state index contributed by atoms with van der Waals surface area (Å²) in [4.78, 5) is 16.5. The van der Waals surface area contributed by atoms with Crippen molar-refractivity contribution in [2.24, 2.45) is 0 Å². The van der Waals surface area contributed by atoms with Crippen LogP contribution in [0.4, 0.5) is 0 Å². The van der Waals surface area contributed by atoms with Crippen molar-refractivity contribution in [3.05, 3.63) is 78.4 Å². The summed E-state index contributed by atoms with van der Waals surface area (Å²) in [7, 11) is 0. The van der Waals surface area contributed by atoms with E-state index in [4.69, 9.17) is 10.00 Å². The summed E-state index contributed by atoms with van der Waals surface area (Å²) in [6, 6.07) is 15.8. The van der Waals surface area contributed by atoms with E-state index < -0.39 is 5.97 Å². The Bertz CT molecular complexity index is 1180. The van der Waals surface area contributed by atoms with E-state index in [-0.39, 0.29) is 6.61 Å². The Morgan fingerprint density at radius 3 is 2.89 bits per heavy atom. The summed E-state index contributed by atoms with van der Waals surface area (Å²) < 4.78 is 9.22. The highest BCUT2D eigenvalue weighted by atomic mass is 16.5. The quantitative estimate of drug-likeness (QED) is 0.380. The Labute approximate surface area is 161 Å². The van der Waals surface area contributed by atoms with Gasteiger partial charge in [-0.1, -0.05) is 24.3 Å². The van der Waals surface area contributed by atoms with Crippen LogP contribution in [0.5, 0.6) is 0 Å². The number of hydrogen-bond donors (Lipinski definition) is 0. The zero-order chi connectivity index (χ0) is 19.3.